The molecule has 1 amide bonds. The van der Waals surface area contributed by atoms with E-state index in [1.54, 1.807) is 6.07 Å². The Bertz CT molecular complexity index is 1500. The smallest absolute Gasteiger partial charge is 0.303 e. The van der Waals surface area contributed by atoms with Gasteiger partial charge in [0, 0.05) is 42.2 Å². The number of rotatable bonds is 1. The number of amides is 1. The molecule has 0 spiro atoms. The van der Waals surface area contributed by atoms with Gasteiger partial charge in [0.05, 0.1) is 12.2 Å². The first-order chi connectivity index (χ1) is 19.7. The van der Waals surface area contributed by atoms with Gasteiger partial charge in [-0.1, -0.05) is 31.4 Å². The van der Waals surface area contributed by atoms with Crippen LogP contribution in [0, 0.1) is 0 Å². The number of nitrogens with one attached hydrogen (secondary N) is 1. The van der Waals surface area contributed by atoms with Crippen molar-refractivity contribution in [1.29, 1.82) is 0 Å². The fraction of sp³-hybridized carbons (Fsp3) is 0.581. The third kappa shape index (κ3) is 5.59. The minimum atomic E-state index is -4.00. The van der Waals surface area contributed by atoms with Gasteiger partial charge < -0.3 is 19.3 Å². The zero-order valence-electron chi connectivity index (χ0n) is 24.2. The molecule has 1 aromatic heterocycles. The van der Waals surface area contributed by atoms with E-state index >= 15 is 0 Å². The maximum absolute atomic E-state index is 13.3. The van der Waals surface area contributed by atoms with Crippen LogP contribution in [0.15, 0.2) is 36.1 Å². The number of fused-ring (bicyclic) bond motifs is 3. The predicted molar refractivity (Wildman–Crippen MR) is 160 cm³/mol. The summed E-state index contributed by atoms with van der Waals surface area (Å²) in [6.45, 7) is 1.99. The molecule has 4 aliphatic rings. The highest BCUT2D eigenvalue weighted by atomic mass is 32.2. The van der Waals surface area contributed by atoms with Crippen LogP contribution in [0.5, 0.6) is 0 Å². The first kappa shape index (κ1) is 28.5. The van der Waals surface area contributed by atoms with Crippen molar-refractivity contribution < 1.29 is 23.1 Å². The zero-order valence-corrected chi connectivity index (χ0v) is 25.0. The van der Waals surface area contributed by atoms with Gasteiger partial charge in [-0.15, -0.1) is 0 Å². The molecule has 9 nitrogen and oxygen atoms in total. The van der Waals surface area contributed by atoms with Crippen molar-refractivity contribution in [1.82, 2.24) is 18.5 Å². The van der Waals surface area contributed by atoms with Gasteiger partial charge in [-0.05, 0) is 81.8 Å². The van der Waals surface area contributed by atoms with Crippen LogP contribution in [-0.2, 0) is 21.5 Å². The number of carbonyl (C=O) groups is 1. The van der Waals surface area contributed by atoms with Crippen molar-refractivity contribution in [3.05, 3.63) is 52.9 Å². The number of hydrogen-bond donors (Lipinski definition) is 2. The number of hydrogen-bond acceptors (Lipinski definition) is 6. The molecule has 2 aliphatic carbocycles. The molecule has 3 heterocycles. The number of allylic oxidation sites excluding steroid dienone is 3. The first-order valence-electron chi connectivity index (χ1n) is 15.0. The van der Waals surface area contributed by atoms with Gasteiger partial charge in [0.2, 0.25) is 0 Å². The molecule has 222 valence electrons. The molecule has 1 fully saturated rings. The Kier molecular flexibility index (Phi) is 7.78. The van der Waals surface area contributed by atoms with Crippen LogP contribution in [-0.4, -0.2) is 79.1 Å². The lowest BCUT2D eigenvalue weighted by Crippen LogP contribution is -2.44. The van der Waals surface area contributed by atoms with Crippen LogP contribution in [0.2, 0.25) is 0 Å². The number of likely N-dealkylation sites (N-methyl/N-ethyl adjacent to an activating group) is 2. The summed E-state index contributed by atoms with van der Waals surface area (Å²) in [4.78, 5) is 15.4. The number of nitrogens with zero attached hydrogens (tertiary/aromatic N) is 3. The molecular weight excluding hydrogens is 540 g/mol. The molecule has 10 heteroatoms. The summed E-state index contributed by atoms with van der Waals surface area (Å²) >= 11 is 0. The molecule has 1 aromatic carbocycles. The Morgan fingerprint density at radius 1 is 1.07 bits per heavy atom. The summed E-state index contributed by atoms with van der Waals surface area (Å²) in [6.07, 6.45) is 13.1. The number of aromatic nitrogens is 1. The second-order valence-electron chi connectivity index (χ2n) is 12.4. The number of carbonyl (C=O) groups excluding carboxylic acids is 1. The van der Waals surface area contributed by atoms with E-state index in [0.29, 0.717) is 32.0 Å². The highest BCUT2D eigenvalue weighted by Gasteiger charge is 2.37. The molecule has 4 bridgehead atoms. The lowest BCUT2D eigenvalue weighted by atomic mass is 9.80. The number of aliphatic hydroxyl groups is 1. The van der Waals surface area contributed by atoms with Gasteiger partial charge in [0.15, 0.2) is 0 Å². The minimum Gasteiger partial charge on any atom is -0.490 e. The summed E-state index contributed by atoms with van der Waals surface area (Å²) in [5.74, 6) is 0.555. The molecule has 1 saturated carbocycles. The van der Waals surface area contributed by atoms with Gasteiger partial charge in [0.1, 0.15) is 18.0 Å². The Balaban J connectivity index is 1.57. The fourth-order valence-electron chi connectivity index (χ4n) is 7.00. The van der Waals surface area contributed by atoms with E-state index in [0.717, 1.165) is 60.0 Å². The van der Waals surface area contributed by atoms with Gasteiger partial charge >= 0.3 is 10.2 Å². The number of benzene rings is 1. The first-order valence-corrected chi connectivity index (χ1v) is 16.5. The molecule has 0 saturated heterocycles. The fourth-order valence-corrected chi connectivity index (χ4v) is 7.83. The van der Waals surface area contributed by atoms with Crippen LogP contribution in [0.25, 0.3) is 16.5 Å². The monoisotopic (exact) mass is 582 g/mol. The topological polar surface area (TPSA) is 104 Å². The lowest BCUT2D eigenvalue weighted by molar-refractivity contribution is -0.0463. The maximum atomic E-state index is 13.3. The van der Waals surface area contributed by atoms with E-state index < -0.39 is 21.7 Å². The van der Waals surface area contributed by atoms with Crippen molar-refractivity contribution in [3.8, 4) is 0 Å². The maximum Gasteiger partial charge on any atom is 0.303 e. The molecule has 0 unspecified atom stereocenters. The lowest BCUT2D eigenvalue weighted by Gasteiger charge is -2.35. The van der Waals surface area contributed by atoms with E-state index in [-0.39, 0.29) is 18.7 Å². The Morgan fingerprint density at radius 2 is 1.88 bits per heavy atom. The van der Waals surface area contributed by atoms with Crippen molar-refractivity contribution in [2.75, 3.05) is 40.3 Å². The Hall–Kier alpha value is -2.66. The number of ether oxygens (including phenoxy) is 1. The van der Waals surface area contributed by atoms with Crippen LogP contribution in [0.4, 0.5) is 0 Å². The summed E-state index contributed by atoms with van der Waals surface area (Å²) in [7, 11) is -0.573. The molecule has 2 aromatic rings. The van der Waals surface area contributed by atoms with E-state index in [9.17, 15) is 18.3 Å². The van der Waals surface area contributed by atoms with Crippen molar-refractivity contribution in [2.24, 2.45) is 0 Å². The summed E-state index contributed by atoms with van der Waals surface area (Å²) < 4.78 is 38.1. The van der Waals surface area contributed by atoms with Crippen molar-refractivity contribution in [2.45, 2.75) is 75.9 Å². The molecule has 1 atom stereocenters. The second kappa shape index (κ2) is 11.2. The summed E-state index contributed by atoms with van der Waals surface area (Å²) in [5, 5.41) is 13.2. The van der Waals surface area contributed by atoms with E-state index in [1.165, 1.54) is 36.2 Å². The van der Waals surface area contributed by atoms with E-state index in [1.807, 2.05) is 19.2 Å². The summed E-state index contributed by atoms with van der Waals surface area (Å²) in [6, 6.07) is 5.54. The third-order valence-electron chi connectivity index (χ3n) is 9.35. The largest absolute Gasteiger partial charge is 0.490 e. The highest BCUT2D eigenvalue weighted by molar-refractivity contribution is 7.87. The minimum absolute atomic E-state index is 0.193. The second-order valence-corrected chi connectivity index (χ2v) is 14.2. The van der Waals surface area contributed by atoms with Crippen LogP contribution in [0.3, 0.4) is 0 Å². The summed E-state index contributed by atoms with van der Waals surface area (Å²) in [5.41, 5.74) is 3.61. The Labute approximate surface area is 243 Å². The van der Waals surface area contributed by atoms with E-state index in [4.69, 9.17) is 4.74 Å². The SMILES string of the molecule is CN1CCC[C@@]2(O)COC3=C(CCC=C3)c3c(C4CCCCC4)c4ccc(cc4n3C2)C(=O)NS(=O)(=O)N(C)CC1. The van der Waals surface area contributed by atoms with Gasteiger partial charge in [-0.3, -0.25) is 4.79 Å². The zero-order chi connectivity index (χ0) is 28.8. The molecule has 2 aliphatic heterocycles. The van der Waals surface area contributed by atoms with Crippen LogP contribution in [0.1, 0.15) is 85.3 Å². The normalized spacial score (nSPS) is 27.0. The van der Waals surface area contributed by atoms with Gasteiger partial charge in [0.25, 0.3) is 5.91 Å². The molecular formula is C31H42N4O5S. The third-order valence-corrected chi connectivity index (χ3v) is 10.8. The highest BCUT2D eigenvalue weighted by Crippen LogP contribution is 2.46. The van der Waals surface area contributed by atoms with E-state index in [2.05, 4.69) is 26.3 Å². The van der Waals surface area contributed by atoms with Crippen LogP contribution < -0.4 is 4.72 Å². The predicted octanol–water partition coefficient (Wildman–Crippen LogP) is 4.14. The molecule has 2 N–H and O–H groups in total. The molecule has 6 rings (SSSR count). The van der Waals surface area contributed by atoms with Crippen molar-refractivity contribution >= 4 is 32.6 Å². The van der Waals surface area contributed by atoms with Crippen LogP contribution >= 0.6 is 0 Å². The molecule has 41 heavy (non-hydrogen) atoms. The Morgan fingerprint density at radius 3 is 2.68 bits per heavy atom. The van der Waals surface area contributed by atoms with Gasteiger partial charge in [-0.2, -0.15) is 12.7 Å². The average molecular weight is 583 g/mol. The van der Waals surface area contributed by atoms with Gasteiger partial charge in [-0.25, -0.2) is 4.72 Å². The quantitative estimate of drug-likeness (QED) is 0.524. The van der Waals surface area contributed by atoms with Crippen molar-refractivity contribution in [3.63, 3.8) is 0 Å². The average Bonchev–Trinajstić information content (AvgIpc) is 3.26. The standard InChI is InChI=1S/C31H42N4O5S/c1-33-16-8-15-31(37)20-35-26-19-23(30(36)32-41(38,39)34(2)18-17-33)13-14-24(26)28(22-9-4-3-5-10-22)29(35)25-11-6-7-12-27(25)40-21-31/h7,12-14,19,22,37H,3-6,8-11,15-18,20-21H2,1-2H3,(H,32,36)/t31-/m0/s1. The molecule has 0 radical (unpaired) electrons.